The van der Waals surface area contributed by atoms with Gasteiger partial charge >= 0.3 is 0 Å². The van der Waals surface area contributed by atoms with Gasteiger partial charge in [-0.1, -0.05) is 23.7 Å². The van der Waals surface area contributed by atoms with E-state index in [1.54, 1.807) is 19.2 Å². The molecule has 0 aromatic heterocycles. The van der Waals surface area contributed by atoms with Crippen LogP contribution in [0.15, 0.2) is 36.4 Å². The molecule has 0 spiro atoms. The van der Waals surface area contributed by atoms with Crippen LogP contribution in [0.25, 0.3) is 0 Å². The van der Waals surface area contributed by atoms with Crippen molar-refractivity contribution in [1.82, 2.24) is 10.4 Å². The zero-order chi connectivity index (χ0) is 20.2. The minimum atomic E-state index is -0.215. The number of anilines is 1. The highest BCUT2D eigenvalue weighted by Crippen LogP contribution is 2.38. The Morgan fingerprint density at radius 3 is 2.66 bits per heavy atom. The molecule has 2 aliphatic rings. The van der Waals surface area contributed by atoms with Gasteiger partial charge in [-0.2, -0.15) is 0 Å². The van der Waals surface area contributed by atoms with E-state index >= 15 is 0 Å². The van der Waals surface area contributed by atoms with Crippen molar-refractivity contribution in [2.75, 3.05) is 51.4 Å². The molecule has 8 heteroatoms. The first-order valence-corrected chi connectivity index (χ1v) is 10.1. The number of methoxy groups -OCH3 is 1. The quantitative estimate of drug-likeness (QED) is 0.825. The van der Waals surface area contributed by atoms with Gasteiger partial charge in [0.1, 0.15) is 5.75 Å². The van der Waals surface area contributed by atoms with E-state index in [9.17, 15) is 4.79 Å². The molecule has 0 unspecified atom stereocenters. The van der Waals surface area contributed by atoms with E-state index < -0.39 is 0 Å². The van der Waals surface area contributed by atoms with Gasteiger partial charge in [-0.25, -0.2) is 5.01 Å². The summed E-state index contributed by atoms with van der Waals surface area (Å²) in [6, 6.07) is 11.3. The molecular weight excluding hydrogens is 394 g/mol. The van der Waals surface area contributed by atoms with Crippen LogP contribution in [0.2, 0.25) is 5.02 Å². The number of benzene rings is 2. The van der Waals surface area contributed by atoms with Crippen LogP contribution in [-0.2, 0) is 0 Å². The Balaban J connectivity index is 1.39. The lowest BCUT2D eigenvalue weighted by molar-refractivity contribution is 0.0777. The van der Waals surface area contributed by atoms with Crippen molar-refractivity contribution >= 4 is 23.2 Å². The van der Waals surface area contributed by atoms with Crippen LogP contribution >= 0.6 is 11.6 Å². The third kappa shape index (κ3) is 4.36. The number of carbonyl (C=O) groups is 1. The largest absolute Gasteiger partial charge is 0.495 e. The molecule has 1 amide bonds. The van der Waals surface area contributed by atoms with E-state index in [2.05, 4.69) is 10.3 Å². The van der Waals surface area contributed by atoms with Crippen molar-refractivity contribution in [2.24, 2.45) is 0 Å². The molecule has 0 radical (unpaired) electrons. The maximum Gasteiger partial charge on any atom is 0.265 e. The number of para-hydroxylation sites is 2. The highest BCUT2D eigenvalue weighted by molar-refractivity contribution is 6.32. The van der Waals surface area contributed by atoms with E-state index in [0.29, 0.717) is 48.4 Å². The molecule has 2 aromatic carbocycles. The Labute approximate surface area is 175 Å². The van der Waals surface area contributed by atoms with Gasteiger partial charge in [0.15, 0.2) is 11.5 Å². The second kappa shape index (κ2) is 8.80. The summed E-state index contributed by atoms with van der Waals surface area (Å²) in [5.74, 6) is 1.66. The Kier molecular flexibility index (Phi) is 5.97. The van der Waals surface area contributed by atoms with E-state index in [1.807, 2.05) is 29.3 Å². The molecule has 2 aromatic rings. The zero-order valence-corrected chi connectivity index (χ0v) is 17.1. The summed E-state index contributed by atoms with van der Waals surface area (Å²) in [7, 11) is 1.68. The van der Waals surface area contributed by atoms with Gasteiger partial charge in [0.05, 0.1) is 31.0 Å². The predicted molar refractivity (Wildman–Crippen MR) is 111 cm³/mol. The number of hydrazine groups is 1. The first-order chi connectivity index (χ1) is 14.2. The van der Waals surface area contributed by atoms with Gasteiger partial charge in [0, 0.05) is 38.2 Å². The number of hydrogen-bond donors (Lipinski definition) is 1. The highest BCUT2D eigenvalue weighted by Gasteiger charge is 2.23. The number of hydrogen-bond acceptors (Lipinski definition) is 6. The summed E-state index contributed by atoms with van der Waals surface area (Å²) < 4.78 is 16.7. The molecular formula is C21H24ClN3O4. The number of piperazine rings is 1. The maximum atomic E-state index is 12.7. The molecule has 2 aliphatic heterocycles. The van der Waals surface area contributed by atoms with Crippen LogP contribution in [0.4, 0.5) is 5.69 Å². The molecule has 4 rings (SSSR count). The van der Waals surface area contributed by atoms with Crippen molar-refractivity contribution in [3.05, 3.63) is 47.0 Å². The summed E-state index contributed by atoms with van der Waals surface area (Å²) in [4.78, 5) is 15.0. The fraction of sp³-hybridized carbons (Fsp3) is 0.381. The zero-order valence-electron chi connectivity index (χ0n) is 16.3. The number of rotatable bonds is 4. The normalized spacial score (nSPS) is 16.8. The smallest absolute Gasteiger partial charge is 0.265 e. The number of amides is 1. The molecule has 154 valence electrons. The molecule has 1 fully saturated rings. The molecule has 0 bridgehead atoms. The first kappa shape index (κ1) is 19.7. The van der Waals surface area contributed by atoms with E-state index in [0.717, 1.165) is 30.9 Å². The molecule has 29 heavy (non-hydrogen) atoms. The summed E-state index contributed by atoms with van der Waals surface area (Å²) in [6.45, 7) is 4.04. The summed E-state index contributed by atoms with van der Waals surface area (Å²) in [5.41, 5.74) is 4.48. The Bertz CT molecular complexity index is 884. The fourth-order valence-electron chi connectivity index (χ4n) is 3.52. The first-order valence-electron chi connectivity index (χ1n) is 9.69. The molecule has 0 atom stereocenters. The van der Waals surface area contributed by atoms with Crippen molar-refractivity contribution in [3.63, 3.8) is 0 Å². The van der Waals surface area contributed by atoms with Gasteiger partial charge in [-0.15, -0.1) is 0 Å². The van der Waals surface area contributed by atoms with Gasteiger partial charge in [-0.05, 0) is 24.3 Å². The van der Waals surface area contributed by atoms with Crippen molar-refractivity contribution in [2.45, 2.75) is 6.42 Å². The summed E-state index contributed by atoms with van der Waals surface area (Å²) >= 11 is 6.31. The molecule has 7 nitrogen and oxygen atoms in total. The number of ether oxygens (including phenoxy) is 3. The Morgan fingerprint density at radius 1 is 1.10 bits per heavy atom. The topological polar surface area (TPSA) is 63.3 Å². The SMILES string of the molecule is COc1ccccc1N1CCN(NC(=O)c2cc(Cl)c3c(c2)OCCCO3)CC1. The van der Waals surface area contributed by atoms with E-state index in [1.165, 1.54) is 0 Å². The Morgan fingerprint density at radius 2 is 1.86 bits per heavy atom. The van der Waals surface area contributed by atoms with Crippen LogP contribution in [0, 0.1) is 0 Å². The second-order valence-electron chi connectivity index (χ2n) is 6.92. The van der Waals surface area contributed by atoms with Gasteiger partial charge in [-0.3, -0.25) is 10.2 Å². The van der Waals surface area contributed by atoms with E-state index in [-0.39, 0.29) is 5.91 Å². The van der Waals surface area contributed by atoms with Crippen LogP contribution < -0.4 is 24.5 Å². The molecule has 2 heterocycles. The highest BCUT2D eigenvalue weighted by atomic mass is 35.5. The number of nitrogens with one attached hydrogen (secondary N) is 1. The average Bonchev–Trinajstić information content (AvgIpc) is 3.00. The second-order valence-corrected chi connectivity index (χ2v) is 7.33. The standard InChI is InChI=1S/C21H24ClN3O4/c1-27-18-6-3-2-5-17(18)24-7-9-25(10-8-24)23-21(26)15-13-16(22)20-19(14-15)28-11-4-12-29-20/h2-3,5-6,13-14H,4,7-12H2,1H3,(H,23,26). The van der Waals surface area contributed by atoms with Crippen molar-refractivity contribution in [3.8, 4) is 17.2 Å². The molecule has 1 N–H and O–H groups in total. The third-order valence-electron chi connectivity index (χ3n) is 5.03. The minimum Gasteiger partial charge on any atom is -0.495 e. The Hall–Kier alpha value is -2.64. The fourth-order valence-corrected chi connectivity index (χ4v) is 3.79. The predicted octanol–water partition coefficient (Wildman–Crippen LogP) is 2.98. The minimum absolute atomic E-state index is 0.215. The van der Waals surface area contributed by atoms with Crippen LogP contribution in [-0.4, -0.2) is 57.4 Å². The lowest BCUT2D eigenvalue weighted by Crippen LogP contribution is -2.53. The number of carbonyl (C=O) groups excluding carboxylic acids is 1. The number of nitrogens with zero attached hydrogens (tertiary/aromatic N) is 2. The summed E-state index contributed by atoms with van der Waals surface area (Å²) in [5, 5.41) is 2.31. The van der Waals surface area contributed by atoms with Crippen LogP contribution in [0.3, 0.4) is 0 Å². The molecule has 0 saturated carbocycles. The summed E-state index contributed by atoms with van der Waals surface area (Å²) in [6.07, 6.45) is 0.781. The third-order valence-corrected chi connectivity index (χ3v) is 5.31. The monoisotopic (exact) mass is 417 g/mol. The van der Waals surface area contributed by atoms with E-state index in [4.69, 9.17) is 25.8 Å². The number of halogens is 1. The van der Waals surface area contributed by atoms with Gasteiger partial charge in [0.25, 0.3) is 5.91 Å². The maximum absolute atomic E-state index is 12.7. The molecule has 1 saturated heterocycles. The molecule has 0 aliphatic carbocycles. The average molecular weight is 418 g/mol. The van der Waals surface area contributed by atoms with Gasteiger partial charge in [0.2, 0.25) is 0 Å². The van der Waals surface area contributed by atoms with Crippen LogP contribution in [0.1, 0.15) is 16.8 Å². The van der Waals surface area contributed by atoms with Gasteiger partial charge < -0.3 is 19.1 Å². The number of fused-ring (bicyclic) bond motifs is 1. The van der Waals surface area contributed by atoms with Crippen LogP contribution in [0.5, 0.6) is 17.2 Å². The van der Waals surface area contributed by atoms with Crippen molar-refractivity contribution in [1.29, 1.82) is 0 Å². The lowest BCUT2D eigenvalue weighted by Gasteiger charge is -2.36. The van der Waals surface area contributed by atoms with Crippen molar-refractivity contribution < 1.29 is 19.0 Å². The lowest BCUT2D eigenvalue weighted by atomic mass is 10.2.